The molecule has 0 aromatic carbocycles. The standard InChI is InChI=1S/C49H93NO5/c1-3-5-7-9-11-13-15-16-17-18-19-20-21-22-23-27-31-35-39-43-49(54)55-44-40-36-32-28-24-26-30-34-38-42-48(53)50-46(45-51)47(52)41-37-33-29-25-14-12-10-8-6-4-2/h16-17,37,41,46-47,51-52H,3-15,18-36,38-40,42-45H2,1-2H3,(H,50,53)/b17-16-,41-37+. The Hall–Kier alpha value is -1.66. The average molecular weight is 776 g/mol. The van der Waals surface area contributed by atoms with Crippen LogP contribution in [0.5, 0.6) is 0 Å². The number of amides is 1. The lowest BCUT2D eigenvalue weighted by Gasteiger charge is -2.20. The molecule has 0 spiro atoms. The third-order valence-corrected chi connectivity index (χ3v) is 11.0. The molecule has 2 unspecified atom stereocenters. The zero-order valence-electron chi connectivity index (χ0n) is 36.7. The molecule has 3 N–H and O–H groups in total. The number of carbonyl (C=O) groups excluding carboxylic acids is 2. The van der Waals surface area contributed by atoms with Crippen LogP contribution in [0, 0.1) is 0 Å². The highest BCUT2D eigenvalue weighted by Gasteiger charge is 2.18. The largest absolute Gasteiger partial charge is 0.466 e. The Morgan fingerprint density at radius 3 is 1.29 bits per heavy atom. The molecule has 2 atom stereocenters. The highest BCUT2D eigenvalue weighted by Crippen LogP contribution is 2.15. The summed E-state index contributed by atoms with van der Waals surface area (Å²) in [5.41, 5.74) is 0. The van der Waals surface area contributed by atoms with Crippen LogP contribution in [0.1, 0.15) is 251 Å². The van der Waals surface area contributed by atoms with Crippen molar-refractivity contribution in [2.24, 2.45) is 0 Å². The first kappa shape index (κ1) is 53.3. The number of unbranched alkanes of at least 4 members (excludes halogenated alkanes) is 31. The van der Waals surface area contributed by atoms with Crippen LogP contribution in [0.25, 0.3) is 0 Å². The smallest absolute Gasteiger partial charge is 0.305 e. The van der Waals surface area contributed by atoms with E-state index in [9.17, 15) is 19.8 Å². The van der Waals surface area contributed by atoms with Crippen molar-refractivity contribution in [2.75, 3.05) is 13.2 Å². The van der Waals surface area contributed by atoms with Gasteiger partial charge < -0.3 is 20.3 Å². The van der Waals surface area contributed by atoms with E-state index in [2.05, 4.69) is 31.3 Å². The van der Waals surface area contributed by atoms with Gasteiger partial charge in [-0.15, -0.1) is 0 Å². The second-order valence-electron chi connectivity index (χ2n) is 16.4. The predicted molar refractivity (Wildman–Crippen MR) is 236 cm³/mol. The van der Waals surface area contributed by atoms with Crippen LogP contribution in [-0.4, -0.2) is 47.4 Å². The van der Waals surface area contributed by atoms with Crippen molar-refractivity contribution >= 4 is 11.9 Å². The summed E-state index contributed by atoms with van der Waals surface area (Å²) in [6, 6.07) is -0.646. The molecule has 6 nitrogen and oxygen atoms in total. The maximum atomic E-state index is 12.4. The molecule has 0 saturated carbocycles. The zero-order chi connectivity index (χ0) is 40.1. The van der Waals surface area contributed by atoms with Crippen LogP contribution in [0.2, 0.25) is 0 Å². The van der Waals surface area contributed by atoms with E-state index in [1.807, 2.05) is 6.08 Å². The molecule has 324 valence electrons. The number of esters is 1. The van der Waals surface area contributed by atoms with Gasteiger partial charge in [-0.05, 0) is 57.8 Å². The predicted octanol–water partition coefficient (Wildman–Crippen LogP) is 14.0. The summed E-state index contributed by atoms with van der Waals surface area (Å²) in [5, 5.41) is 22.9. The molecular formula is C49H93NO5. The van der Waals surface area contributed by atoms with Crippen molar-refractivity contribution < 1.29 is 24.5 Å². The fourth-order valence-corrected chi connectivity index (χ4v) is 7.21. The number of hydrogen-bond donors (Lipinski definition) is 3. The summed E-state index contributed by atoms with van der Waals surface area (Å²) in [6.07, 6.45) is 51.7. The van der Waals surface area contributed by atoms with Crippen molar-refractivity contribution in [3.63, 3.8) is 0 Å². The summed E-state index contributed by atoms with van der Waals surface area (Å²) in [6.45, 7) is 4.81. The monoisotopic (exact) mass is 776 g/mol. The number of hydrogen-bond acceptors (Lipinski definition) is 5. The van der Waals surface area contributed by atoms with Crippen molar-refractivity contribution in [3.8, 4) is 0 Å². The van der Waals surface area contributed by atoms with Crippen LogP contribution in [-0.2, 0) is 14.3 Å². The van der Waals surface area contributed by atoms with E-state index in [1.165, 1.54) is 167 Å². The second kappa shape index (κ2) is 45.0. The van der Waals surface area contributed by atoms with E-state index < -0.39 is 12.1 Å². The van der Waals surface area contributed by atoms with Gasteiger partial charge in [0.05, 0.1) is 25.4 Å². The van der Waals surface area contributed by atoms with Crippen LogP contribution in [0.4, 0.5) is 0 Å². The molecule has 0 radical (unpaired) electrons. The van der Waals surface area contributed by atoms with E-state index in [1.54, 1.807) is 6.08 Å². The van der Waals surface area contributed by atoms with Crippen molar-refractivity contribution in [2.45, 2.75) is 264 Å². The molecule has 1 amide bonds. The van der Waals surface area contributed by atoms with E-state index in [0.717, 1.165) is 57.8 Å². The Morgan fingerprint density at radius 2 is 0.855 bits per heavy atom. The molecule has 0 fully saturated rings. The van der Waals surface area contributed by atoms with Gasteiger partial charge in [-0.3, -0.25) is 9.59 Å². The average Bonchev–Trinajstić information content (AvgIpc) is 3.18. The first-order chi connectivity index (χ1) is 27.0. The fraction of sp³-hybridized carbons (Fsp3) is 0.878. The van der Waals surface area contributed by atoms with Crippen molar-refractivity contribution in [1.82, 2.24) is 5.32 Å². The maximum absolute atomic E-state index is 12.4. The lowest BCUT2D eigenvalue weighted by Crippen LogP contribution is -2.45. The van der Waals surface area contributed by atoms with E-state index in [0.29, 0.717) is 19.4 Å². The molecule has 0 aliphatic heterocycles. The molecule has 0 saturated heterocycles. The molecule has 0 aliphatic carbocycles. The Bertz CT molecular complexity index is 858. The molecule has 0 aliphatic rings. The van der Waals surface area contributed by atoms with Gasteiger partial charge >= 0.3 is 5.97 Å². The number of aliphatic hydroxyl groups excluding tert-OH is 2. The van der Waals surface area contributed by atoms with Gasteiger partial charge in [0, 0.05) is 12.8 Å². The van der Waals surface area contributed by atoms with Gasteiger partial charge in [0.25, 0.3) is 0 Å². The van der Waals surface area contributed by atoms with E-state index >= 15 is 0 Å². The molecule has 0 aromatic heterocycles. The van der Waals surface area contributed by atoms with Crippen LogP contribution in [0.15, 0.2) is 24.3 Å². The zero-order valence-corrected chi connectivity index (χ0v) is 36.7. The first-order valence-electron chi connectivity index (χ1n) is 24.1. The summed E-state index contributed by atoms with van der Waals surface area (Å²) >= 11 is 0. The lowest BCUT2D eigenvalue weighted by molar-refractivity contribution is -0.143. The quantitative estimate of drug-likeness (QED) is 0.0325. The summed E-state index contributed by atoms with van der Waals surface area (Å²) < 4.78 is 5.45. The number of allylic oxidation sites excluding steroid dienone is 3. The molecule has 0 aromatic rings. The summed E-state index contributed by atoms with van der Waals surface area (Å²) in [4.78, 5) is 24.4. The Morgan fingerprint density at radius 1 is 0.491 bits per heavy atom. The molecule has 0 heterocycles. The highest BCUT2D eigenvalue weighted by atomic mass is 16.5. The van der Waals surface area contributed by atoms with Gasteiger partial charge in [0.15, 0.2) is 0 Å². The summed E-state index contributed by atoms with van der Waals surface area (Å²) in [7, 11) is 0. The van der Waals surface area contributed by atoms with Gasteiger partial charge in [-0.25, -0.2) is 0 Å². The van der Waals surface area contributed by atoms with Crippen LogP contribution >= 0.6 is 0 Å². The second-order valence-corrected chi connectivity index (χ2v) is 16.4. The fourth-order valence-electron chi connectivity index (χ4n) is 7.21. The number of ether oxygens (including phenoxy) is 1. The number of carbonyl (C=O) groups is 2. The number of aliphatic hydroxyl groups is 2. The molecule has 6 heteroatoms. The normalized spacial score (nSPS) is 12.9. The summed E-state index contributed by atoms with van der Waals surface area (Å²) in [5.74, 6) is -0.127. The minimum Gasteiger partial charge on any atom is -0.466 e. The van der Waals surface area contributed by atoms with Gasteiger partial charge in [0.1, 0.15) is 0 Å². The maximum Gasteiger partial charge on any atom is 0.305 e. The highest BCUT2D eigenvalue weighted by molar-refractivity contribution is 5.76. The van der Waals surface area contributed by atoms with Crippen LogP contribution < -0.4 is 5.32 Å². The number of rotatable bonds is 44. The van der Waals surface area contributed by atoms with Gasteiger partial charge in [-0.2, -0.15) is 0 Å². The third kappa shape index (κ3) is 41.8. The van der Waals surface area contributed by atoms with E-state index in [4.69, 9.17) is 4.74 Å². The third-order valence-electron chi connectivity index (χ3n) is 11.0. The lowest BCUT2D eigenvalue weighted by atomic mass is 10.1. The molecular weight excluding hydrogens is 683 g/mol. The SMILES string of the molecule is CCCCCCCC/C=C\CCCCCCCCCCCC(=O)OCCCCCCCCCCCC(=O)NC(CO)C(O)/C=C/CCCCCCCCCC. The minimum absolute atomic E-state index is 0.0288. The Balaban J connectivity index is 3.48. The van der Waals surface area contributed by atoms with Gasteiger partial charge in [0.2, 0.25) is 5.91 Å². The molecule has 0 bridgehead atoms. The van der Waals surface area contributed by atoms with Gasteiger partial charge in [-0.1, -0.05) is 205 Å². The van der Waals surface area contributed by atoms with Crippen molar-refractivity contribution in [3.05, 3.63) is 24.3 Å². The molecule has 0 rings (SSSR count). The van der Waals surface area contributed by atoms with Crippen molar-refractivity contribution in [1.29, 1.82) is 0 Å². The van der Waals surface area contributed by atoms with Crippen LogP contribution in [0.3, 0.4) is 0 Å². The Kier molecular flexibility index (Phi) is 43.7. The van der Waals surface area contributed by atoms with E-state index in [-0.39, 0.29) is 18.5 Å². The first-order valence-corrected chi connectivity index (χ1v) is 24.1. The molecule has 55 heavy (non-hydrogen) atoms. The number of nitrogens with one attached hydrogen (secondary N) is 1. The minimum atomic E-state index is -0.859. The Labute approximate surface area is 341 Å². The topological polar surface area (TPSA) is 95.9 Å².